The normalized spacial score (nSPS) is 14.6. The Morgan fingerprint density at radius 3 is 2.52 bits per heavy atom. The molecule has 2 aromatic carbocycles. The molecular weight excluding hydrogens is 386 g/mol. The van der Waals surface area contributed by atoms with Crippen LogP contribution in [0.25, 0.3) is 0 Å². The number of nitrogens with zero attached hydrogens (tertiary/aromatic N) is 2. The van der Waals surface area contributed by atoms with Crippen LogP contribution in [0.2, 0.25) is 0 Å². The first-order valence-electron chi connectivity index (χ1n) is 9.79. The molecule has 7 heteroatoms. The zero-order valence-corrected chi connectivity index (χ0v) is 17.7. The third-order valence-corrected chi connectivity index (χ3v) is 6.15. The van der Waals surface area contributed by atoms with Crippen molar-refractivity contribution < 1.29 is 14.7 Å². The number of thioether (sulfide) groups is 1. The minimum Gasteiger partial charge on any atom is -0.478 e. The number of rotatable bonds is 7. The Bertz CT molecular complexity index is 879. The van der Waals surface area contributed by atoms with Gasteiger partial charge in [0.05, 0.1) is 16.9 Å². The van der Waals surface area contributed by atoms with E-state index in [9.17, 15) is 14.7 Å². The van der Waals surface area contributed by atoms with Gasteiger partial charge in [-0.15, -0.1) is 11.8 Å². The Morgan fingerprint density at radius 1 is 1.10 bits per heavy atom. The summed E-state index contributed by atoms with van der Waals surface area (Å²) in [4.78, 5) is 29.2. The van der Waals surface area contributed by atoms with Crippen molar-refractivity contribution in [2.75, 3.05) is 43.4 Å². The molecule has 1 aliphatic rings. The van der Waals surface area contributed by atoms with Gasteiger partial charge in [-0.3, -0.25) is 4.79 Å². The van der Waals surface area contributed by atoms with Gasteiger partial charge in [-0.05, 0) is 36.9 Å². The minimum absolute atomic E-state index is 0.122. The Kier molecular flexibility index (Phi) is 7.17. The van der Waals surface area contributed by atoms with Gasteiger partial charge in [-0.2, -0.15) is 0 Å². The number of anilines is 2. The molecule has 2 N–H and O–H groups in total. The average molecular weight is 414 g/mol. The fourth-order valence-electron chi connectivity index (χ4n) is 3.25. The van der Waals surface area contributed by atoms with Crippen LogP contribution in [0, 0.1) is 0 Å². The van der Waals surface area contributed by atoms with Gasteiger partial charge in [-0.25, -0.2) is 4.79 Å². The van der Waals surface area contributed by atoms with Gasteiger partial charge in [0.15, 0.2) is 0 Å². The van der Waals surface area contributed by atoms with E-state index >= 15 is 0 Å². The standard InChI is InChI=1S/C22H27N3O3S/c1-3-21(26)23-18-9-8-16(14-17(18)22(27)28)15-29-20-7-5-4-6-19(20)25-12-10-24(2)11-13-25/h4-9,14H,3,10-13,15H2,1-2H3,(H,23,26)(H,27,28). The summed E-state index contributed by atoms with van der Waals surface area (Å²) in [6, 6.07) is 13.6. The summed E-state index contributed by atoms with van der Waals surface area (Å²) in [5, 5.41) is 12.2. The van der Waals surface area contributed by atoms with Crippen molar-refractivity contribution >= 4 is 35.0 Å². The lowest BCUT2D eigenvalue weighted by Crippen LogP contribution is -2.44. The molecule has 0 atom stereocenters. The number of carboxylic acid groups (broad SMARTS) is 1. The van der Waals surface area contributed by atoms with Crippen molar-refractivity contribution in [2.45, 2.75) is 24.0 Å². The third kappa shape index (κ3) is 5.52. The van der Waals surface area contributed by atoms with Crippen molar-refractivity contribution in [1.82, 2.24) is 4.90 Å². The highest BCUT2D eigenvalue weighted by Crippen LogP contribution is 2.33. The fourth-order valence-corrected chi connectivity index (χ4v) is 4.28. The topological polar surface area (TPSA) is 72.9 Å². The maximum Gasteiger partial charge on any atom is 0.337 e. The molecule has 0 aromatic heterocycles. The number of hydrogen-bond acceptors (Lipinski definition) is 5. The van der Waals surface area contributed by atoms with Crippen molar-refractivity contribution in [3.8, 4) is 0 Å². The largest absolute Gasteiger partial charge is 0.478 e. The first-order chi connectivity index (χ1) is 14.0. The number of amides is 1. The molecule has 1 aliphatic heterocycles. The molecule has 3 rings (SSSR count). The minimum atomic E-state index is -1.04. The van der Waals surface area contributed by atoms with Crippen LogP contribution in [0.15, 0.2) is 47.4 Å². The summed E-state index contributed by atoms with van der Waals surface area (Å²) < 4.78 is 0. The van der Waals surface area contributed by atoms with Crippen LogP contribution in [0.4, 0.5) is 11.4 Å². The lowest BCUT2D eigenvalue weighted by Gasteiger charge is -2.35. The first kappa shape index (κ1) is 21.2. The van der Waals surface area contributed by atoms with Crippen molar-refractivity contribution in [3.05, 3.63) is 53.6 Å². The van der Waals surface area contributed by atoms with Gasteiger partial charge in [0.1, 0.15) is 0 Å². The van der Waals surface area contributed by atoms with E-state index in [1.54, 1.807) is 30.8 Å². The van der Waals surface area contributed by atoms with Gasteiger partial charge in [0.2, 0.25) is 5.91 Å². The zero-order chi connectivity index (χ0) is 20.8. The predicted molar refractivity (Wildman–Crippen MR) is 118 cm³/mol. The lowest BCUT2D eigenvalue weighted by atomic mass is 10.1. The predicted octanol–water partition coefficient (Wildman–Crippen LogP) is 3.78. The molecule has 1 heterocycles. The van der Waals surface area contributed by atoms with Crippen LogP contribution in [-0.2, 0) is 10.5 Å². The van der Waals surface area contributed by atoms with Gasteiger partial charge in [-0.1, -0.05) is 25.1 Å². The van der Waals surface area contributed by atoms with Crippen LogP contribution < -0.4 is 10.2 Å². The van der Waals surface area contributed by atoms with Gasteiger partial charge < -0.3 is 20.2 Å². The van der Waals surface area contributed by atoms with Crippen LogP contribution in [0.5, 0.6) is 0 Å². The first-order valence-corrected chi connectivity index (χ1v) is 10.8. The molecule has 0 saturated carbocycles. The monoisotopic (exact) mass is 413 g/mol. The Hall–Kier alpha value is -2.51. The van der Waals surface area contributed by atoms with Crippen molar-refractivity contribution in [2.24, 2.45) is 0 Å². The molecule has 0 radical (unpaired) electrons. The average Bonchev–Trinajstić information content (AvgIpc) is 2.73. The molecule has 0 aliphatic carbocycles. The van der Waals surface area contributed by atoms with Crippen molar-refractivity contribution in [3.63, 3.8) is 0 Å². The smallest absolute Gasteiger partial charge is 0.337 e. The second-order valence-electron chi connectivity index (χ2n) is 7.13. The number of carbonyl (C=O) groups is 2. The van der Waals surface area contributed by atoms with Crippen molar-refractivity contribution in [1.29, 1.82) is 0 Å². The van der Waals surface area contributed by atoms with Crippen LogP contribution in [0.3, 0.4) is 0 Å². The highest BCUT2D eigenvalue weighted by molar-refractivity contribution is 7.98. The Labute approximate surface area is 175 Å². The maximum atomic E-state index is 11.6. The molecule has 154 valence electrons. The van der Waals surface area contributed by atoms with E-state index in [0.29, 0.717) is 17.9 Å². The number of likely N-dealkylation sites (N-methyl/N-ethyl adjacent to an activating group) is 1. The quantitative estimate of drug-likeness (QED) is 0.673. The summed E-state index contributed by atoms with van der Waals surface area (Å²) in [7, 11) is 2.14. The molecular formula is C22H27N3O3S. The van der Waals surface area contributed by atoms with E-state index in [-0.39, 0.29) is 11.5 Å². The summed E-state index contributed by atoms with van der Waals surface area (Å²) in [5.41, 5.74) is 2.61. The zero-order valence-electron chi connectivity index (χ0n) is 16.9. The summed E-state index contributed by atoms with van der Waals surface area (Å²) in [5.74, 6) is -0.579. The van der Waals surface area contributed by atoms with E-state index in [0.717, 1.165) is 31.7 Å². The number of para-hydroxylation sites is 1. The van der Waals surface area contributed by atoms with Crippen LogP contribution >= 0.6 is 11.8 Å². The maximum absolute atomic E-state index is 11.6. The summed E-state index contributed by atoms with van der Waals surface area (Å²) in [6.45, 7) is 5.84. The van der Waals surface area contributed by atoms with E-state index in [1.165, 1.54) is 10.6 Å². The number of hydrogen-bond donors (Lipinski definition) is 2. The van der Waals surface area contributed by atoms with Gasteiger partial charge in [0.25, 0.3) is 0 Å². The van der Waals surface area contributed by atoms with Gasteiger partial charge in [0, 0.05) is 43.2 Å². The third-order valence-electron chi connectivity index (χ3n) is 5.01. The highest BCUT2D eigenvalue weighted by atomic mass is 32.2. The van der Waals surface area contributed by atoms with Crippen LogP contribution in [0.1, 0.15) is 29.3 Å². The SMILES string of the molecule is CCC(=O)Nc1ccc(CSc2ccccc2N2CCN(C)CC2)cc1C(=O)O. The molecule has 0 bridgehead atoms. The second-order valence-corrected chi connectivity index (χ2v) is 8.15. The molecule has 0 unspecified atom stereocenters. The Balaban J connectivity index is 1.74. The van der Waals surface area contributed by atoms with E-state index < -0.39 is 5.97 Å². The summed E-state index contributed by atoms with van der Waals surface area (Å²) >= 11 is 1.70. The fraction of sp³-hybridized carbons (Fsp3) is 0.364. The lowest BCUT2D eigenvalue weighted by molar-refractivity contribution is -0.115. The molecule has 1 saturated heterocycles. The van der Waals surface area contributed by atoms with E-state index in [1.807, 2.05) is 12.1 Å². The van der Waals surface area contributed by atoms with E-state index in [4.69, 9.17) is 0 Å². The molecule has 1 fully saturated rings. The highest BCUT2D eigenvalue weighted by Gasteiger charge is 2.17. The number of benzene rings is 2. The second kappa shape index (κ2) is 9.80. The van der Waals surface area contributed by atoms with E-state index in [2.05, 4.69) is 40.4 Å². The van der Waals surface area contributed by atoms with Gasteiger partial charge >= 0.3 is 5.97 Å². The molecule has 1 amide bonds. The number of carbonyl (C=O) groups excluding carboxylic acids is 1. The molecule has 6 nitrogen and oxygen atoms in total. The number of aromatic carboxylic acids is 1. The molecule has 2 aromatic rings. The molecule has 29 heavy (non-hydrogen) atoms. The van der Waals surface area contributed by atoms with Crippen LogP contribution in [-0.4, -0.2) is 55.1 Å². The number of nitrogens with one attached hydrogen (secondary N) is 1. The summed E-state index contributed by atoms with van der Waals surface area (Å²) in [6.07, 6.45) is 0.305. The number of carboxylic acids is 1. The Morgan fingerprint density at radius 2 is 1.83 bits per heavy atom. The molecule has 0 spiro atoms. The number of piperazine rings is 1.